The quantitative estimate of drug-likeness (QED) is 0.512. The Labute approximate surface area is 91.1 Å². The van der Waals surface area contributed by atoms with Crippen LogP contribution in [0.3, 0.4) is 0 Å². The van der Waals surface area contributed by atoms with Crippen LogP contribution in [0.25, 0.3) is 0 Å². The smallest absolute Gasteiger partial charge is 0.158 e. The second kappa shape index (κ2) is 6.60. The Hall–Kier alpha value is -0.850. The van der Waals surface area contributed by atoms with Gasteiger partial charge < -0.3 is 14.3 Å². The molecule has 0 aromatic carbocycles. The van der Waals surface area contributed by atoms with Gasteiger partial charge in [0.25, 0.3) is 0 Å². The zero-order valence-electron chi connectivity index (χ0n) is 9.15. The Kier molecular flexibility index (Phi) is 5.38. The van der Waals surface area contributed by atoms with Crippen LogP contribution in [-0.4, -0.2) is 25.3 Å². The summed E-state index contributed by atoms with van der Waals surface area (Å²) in [5.74, 6) is 2.36. The molecule has 3 heteroatoms. The molecule has 1 unspecified atom stereocenters. The number of hydrogen-bond acceptors (Lipinski definition) is 3. The standard InChI is InChI=1S/C12H18O3/c1-3-6-11(10(2)9-13)15-12-7-4-5-8-14-12/h1,9-12H,4-8H2,2H3/t10-,11-,12?/m0/s1. The summed E-state index contributed by atoms with van der Waals surface area (Å²) in [6.45, 7) is 2.56. The number of ether oxygens (including phenoxy) is 2. The first-order valence-corrected chi connectivity index (χ1v) is 5.43. The van der Waals surface area contributed by atoms with Gasteiger partial charge in [0.15, 0.2) is 6.29 Å². The van der Waals surface area contributed by atoms with Crippen molar-refractivity contribution in [3.05, 3.63) is 0 Å². The summed E-state index contributed by atoms with van der Waals surface area (Å²) in [6.07, 6.45) is 9.28. The maximum Gasteiger partial charge on any atom is 0.158 e. The highest BCUT2D eigenvalue weighted by Gasteiger charge is 2.23. The molecule has 0 aliphatic carbocycles. The van der Waals surface area contributed by atoms with Crippen LogP contribution >= 0.6 is 0 Å². The average molecular weight is 210 g/mol. The van der Waals surface area contributed by atoms with E-state index in [1.807, 2.05) is 6.92 Å². The van der Waals surface area contributed by atoms with Crippen molar-refractivity contribution in [1.82, 2.24) is 0 Å². The predicted octanol–water partition coefficient (Wildman–Crippen LogP) is 1.76. The van der Waals surface area contributed by atoms with Crippen molar-refractivity contribution in [2.45, 2.75) is 45.0 Å². The van der Waals surface area contributed by atoms with Gasteiger partial charge in [0.05, 0.1) is 6.10 Å². The Morgan fingerprint density at radius 1 is 1.67 bits per heavy atom. The van der Waals surface area contributed by atoms with Crippen molar-refractivity contribution in [2.75, 3.05) is 6.61 Å². The molecule has 1 aliphatic rings. The molecule has 0 aromatic heterocycles. The van der Waals surface area contributed by atoms with Crippen molar-refractivity contribution in [3.8, 4) is 12.3 Å². The van der Waals surface area contributed by atoms with Crippen LogP contribution in [0.5, 0.6) is 0 Å². The van der Waals surface area contributed by atoms with Gasteiger partial charge in [0.2, 0.25) is 0 Å². The summed E-state index contributed by atoms with van der Waals surface area (Å²) in [5.41, 5.74) is 0. The third-order valence-corrected chi connectivity index (χ3v) is 2.58. The Morgan fingerprint density at radius 2 is 2.47 bits per heavy atom. The topological polar surface area (TPSA) is 35.5 Å². The van der Waals surface area contributed by atoms with Crippen molar-refractivity contribution >= 4 is 6.29 Å². The molecule has 1 rings (SSSR count). The maximum atomic E-state index is 10.7. The molecule has 0 spiro atoms. The zero-order chi connectivity index (χ0) is 11.1. The van der Waals surface area contributed by atoms with Crippen LogP contribution in [0.15, 0.2) is 0 Å². The van der Waals surface area contributed by atoms with E-state index < -0.39 is 0 Å². The number of terminal acetylenes is 1. The highest BCUT2D eigenvalue weighted by atomic mass is 16.7. The number of carbonyl (C=O) groups is 1. The molecule has 0 aromatic rings. The van der Waals surface area contributed by atoms with E-state index in [1.54, 1.807) is 0 Å². The number of rotatable bonds is 5. The van der Waals surface area contributed by atoms with Crippen LogP contribution < -0.4 is 0 Å². The molecule has 0 saturated carbocycles. The van der Waals surface area contributed by atoms with Crippen molar-refractivity contribution in [1.29, 1.82) is 0 Å². The number of carbonyl (C=O) groups excluding carboxylic acids is 1. The predicted molar refractivity (Wildman–Crippen MR) is 57.1 cm³/mol. The van der Waals surface area contributed by atoms with Gasteiger partial charge in [-0.2, -0.15) is 0 Å². The van der Waals surface area contributed by atoms with Crippen LogP contribution in [-0.2, 0) is 14.3 Å². The fraction of sp³-hybridized carbons (Fsp3) is 0.750. The molecule has 3 nitrogen and oxygen atoms in total. The van der Waals surface area contributed by atoms with Gasteiger partial charge in [-0.25, -0.2) is 0 Å². The van der Waals surface area contributed by atoms with Gasteiger partial charge in [-0.05, 0) is 19.3 Å². The highest BCUT2D eigenvalue weighted by molar-refractivity contribution is 5.53. The second-order valence-corrected chi connectivity index (χ2v) is 3.87. The van der Waals surface area contributed by atoms with Gasteiger partial charge in [0.1, 0.15) is 6.29 Å². The van der Waals surface area contributed by atoms with Crippen molar-refractivity contribution < 1.29 is 14.3 Å². The lowest BCUT2D eigenvalue weighted by molar-refractivity contribution is -0.194. The minimum atomic E-state index is -0.212. The summed E-state index contributed by atoms with van der Waals surface area (Å²) in [6, 6.07) is 0. The van der Waals surface area contributed by atoms with E-state index in [4.69, 9.17) is 15.9 Å². The molecule has 1 saturated heterocycles. The first-order valence-electron chi connectivity index (χ1n) is 5.43. The molecule has 0 amide bonds. The van der Waals surface area contributed by atoms with E-state index >= 15 is 0 Å². The van der Waals surface area contributed by atoms with E-state index in [2.05, 4.69) is 5.92 Å². The van der Waals surface area contributed by atoms with Gasteiger partial charge in [-0.15, -0.1) is 12.3 Å². The third-order valence-electron chi connectivity index (χ3n) is 2.58. The molecule has 84 valence electrons. The lowest BCUT2D eigenvalue weighted by atomic mass is 10.0. The fourth-order valence-corrected chi connectivity index (χ4v) is 1.58. The normalized spacial score (nSPS) is 25.2. The SMILES string of the molecule is C#CC[C@H](OC1CCCCO1)[C@@H](C)C=O. The summed E-state index contributed by atoms with van der Waals surface area (Å²) < 4.78 is 11.1. The van der Waals surface area contributed by atoms with Gasteiger partial charge in [-0.1, -0.05) is 6.92 Å². The monoisotopic (exact) mass is 210 g/mol. The molecule has 0 radical (unpaired) electrons. The molecule has 1 fully saturated rings. The molecular weight excluding hydrogens is 192 g/mol. The van der Waals surface area contributed by atoms with E-state index in [-0.39, 0.29) is 18.3 Å². The number of aldehydes is 1. The Bertz CT molecular complexity index is 226. The van der Waals surface area contributed by atoms with Gasteiger partial charge in [-0.3, -0.25) is 0 Å². The molecule has 15 heavy (non-hydrogen) atoms. The molecular formula is C12H18O3. The molecule has 1 aliphatic heterocycles. The second-order valence-electron chi connectivity index (χ2n) is 3.87. The maximum absolute atomic E-state index is 10.7. The minimum Gasteiger partial charge on any atom is -0.353 e. The van der Waals surface area contributed by atoms with Crippen LogP contribution in [0.4, 0.5) is 0 Å². The summed E-state index contributed by atoms with van der Waals surface area (Å²) in [5, 5.41) is 0. The summed E-state index contributed by atoms with van der Waals surface area (Å²) in [7, 11) is 0. The minimum absolute atomic E-state index is 0.174. The number of hydrogen-bond donors (Lipinski definition) is 0. The molecule has 0 bridgehead atoms. The highest BCUT2D eigenvalue weighted by Crippen LogP contribution is 2.19. The molecule has 3 atom stereocenters. The lowest BCUT2D eigenvalue weighted by Gasteiger charge is -2.28. The van der Waals surface area contributed by atoms with Crippen molar-refractivity contribution in [3.63, 3.8) is 0 Å². The van der Waals surface area contributed by atoms with Gasteiger partial charge >= 0.3 is 0 Å². The Balaban J connectivity index is 2.42. The van der Waals surface area contributed by atoms with E-state index in [0.717, 1.165) is 32.2 Å². The molecule has 0 N–H and O–H groups in total. The van der Waals surface area contributed by atoms with Crippen molar-refractivity contribution in [2.24, 2.45) is 5.92 Å². The van der Waals surface area contributed by atoms with Crippen LogP contribution in [0.1, 0.15) is 32.6 Å². The lowest BCUT2D eigenvalue weighted by Crippen LogP contribution is -2.32. The average Bonchev–Trinajstić information content (AvgIpc) is 2.29. The zero-order valence-corrected chi connectivity index (χ0v) is 9.15. The fourth-order valence-electron chi connectivity index (χ4n) is 1.58. The van der Waals surface area contributed by atoms with Gasteiger partial charge in [0, 0.05) is 18.9 Å². The first kappa shape index (κ1) is 12.2. The third kappa shape index (κ3) is 4.03. The molecule has 1 heterocycles. The van der Waals surface area contributed by atoms with E-state index in [1.165, 1.54) is 0 Å². The largest absolute Gasteiger partial charge is 0.353 e. The summed E-state index contributed by atoms with van der Waals surface area (Å²) >= 11 is 0. The van der Waals surface area contributed by atoms with E-state index in [9.17, 15) is 4.79 Å². The first-order chi connectivity index (χ1) is 7.27. The van der Waals surface area contributed by atoms with Crippen LogP contribution in [0, 0.1) is 18.3 Å². The Morgan fingerprint density at radius 3 is 3.00 bits per heavy atom. The van der Waals surface area contributed by atoms with E-state index in [0.29, 0.717) is 6.42 Å². The van der Waals surface area contributed by atoms with Crippen LogP contribution in [0.2, 0.25) is 0 Å². The summed E-state index contributed by atoms with van der Waals surface area (Å²) in [4.78, 5) is 10.7.